The lowest BCUT2D eigenvalue weighted by Crippen LogP contribution is -2.12. The van der Waals surface area contributed by atoms with Crippen LogP contribution in [0, 0.1) is 12.7 Å². The minimum Gasteiger partial charge on any atom is -0.451 e. The van der Waals surface area contributed by atoms with Gasteiger partial charge in [-0.2, -0.15) is 0 Å². The van der Waals surface area contributed by atoms with Gasteiger partial charge >= 0.3 is 5.97 Å². The Morgan fingerprint density at radius 2 is 1.83 bits per heavy atom. The largest absolute Gasteiger partial charge is 0.451 e. The van der Waals surface area contributed by atoms with E-state index in [0.29, 0.717) is 16.2 Å². The summed E-state index contributed by atoms with van der Waals surface area (Å²) in [5.41, 5.74) is 0.639. The first-order chi connectivity index (χ1) is 11.5. The Bertz CT molecular complexity index is 877. The van der Waals surface area contributed by atoms with Crippen LogP contribution >= 0.6 is 11.3 Å². The van der Waals surface area contributed by atoms with Crippen LogP contribution in [0.15, 0.2) is 52.9 Å². The molecule has 0 bridgehead atoms. The van der Waals surface area contributed by atoms with E-state index in [9.17, 15) is 14.0 Å². The number of hydrogen-bond acceptors (Lipinski definition) is 5. The molecular weight excluding hydrogens is 331 g/mol. The summed E-state index contributed by atoms with van der Waals surface area (Å²) in [6, 6.07) is 12.3. The van der Waals surface area contributed by atoms with Crippen LogP contribution in [0.2, 0.25) is 0 Å². The summed E-state index contributed by atoms with van der Waals surface area (Å²) < 4.78 is 23.3. The predicted molar refractivity (Wildman–Crippen MR) is 87.8 cm³/mol. The van der Waals surface area contributed by atoms with Crippen molar-refractivity contribution in [1.82, 2.24) is 0 Å². The number of furan rings is 1. The van der Waals surface area contributed by atoms with E-state index in [4.69, 9.17) is 9.15 Å². The molecule has 0 aliphatic carbocycles. The van der Waals surface area contributed by atoms with Crippen LogP contribution in [0.25, 0.3) is 11.3 Å². The summed E-state index contributed by atoms with van der Waals surface area (Å²) in [4.78, 5) is 25.4. The number of esters is 1. The Labute approximate surface area is 141 Å². The van der Waals surface area contributed by atoms with E-state index in [1.807, 2.05) is 13.0 Å². The first-order valence-corrected chi connectivity index (χ1v) is 7.97. The molecule has 122 valence electrons. The van der Waals surface area contributed by atoms with Crippen molar-refractivity contribution in [2.75, 3.05) is 6.61 Å². The monoisotopic (exact) mass is 344 g/mol. The van der Waals surface area contributed by atoms with Crippen molar-refractivity contribution in [3.8, 4) is 11.3 Å². The molecule has 0 saturated carbocycles. The molecule has 0 N–H and O–H groups in total. The van der Waals surface area contributed by atoms with E-state index in [1.54, 1.807) is 24.3 Å². The van der Waals surface area contributed by atoms with Gasteiger partial charge in [0.05, 0.1) is 4.88 Å². The standard InChI is InChI=1S/C18H13FO4S/c1-11-2-9-17(24-11)14(20)10-22-18(21)16-8-7-15(23-16)12-3-5-13(19)6-4-12/h2-9H,10H2,1H3. The van der Waals surface area contributed by atoms with Gasteiger partial charge in [0, 0.05) is 10.4 Å². The van der Waals surface area contributed by atoms with Gasteiger partial charge in [0.25, 0.3) is 0 Å². The number of rotatable bonds is 5. The number of benzene rings is 1. The van der Waals surface area contributed by atoms with Crippen molar-refractivity contribution in [2.45, 2.75) is 6.92 Å². The minimum atomic E-state index is -0.718. The van der Waals surface area contributed by atoms with E-state index in [2.05, 4.69) is 0 Å². The van der Waals surface area contributed by atoms with Gasteiger partial charge < -0.3 is 9.15 Å². The first-order valence-electron chi connectivity index (χ1n) is 7.15. The molecule has 3 rings (SSSR count). The van der Waals surface area contributed by atoms with Crippen LogP contribution in [0.4, 0.5) is 4.39 Å². The molecule has 3 aromatic rings. The molecule has 24 heavy (non-hydrogen) atoms. The normalized spacial score (nSPS) is 10.6. The second-order valence-electron chi connectivity index (χ2n) is 5.08. The molecule has 6 heteroatoms. The zero-order valence-corrected chi connectivity index (χ0v) is 13.6. The molecule has 1 aromatic carbocycles. The van der Waals surface area contributed by atoms with Gasteiger partial charge in [-0.15, -0.1) is 11.3 Å². The number of hydrogen-bond donors (Lipinski definition) is 0. The van der Waals surface area contributed by atoms with Gasteiger partial charge in [0.15, 0.2) is 6.61 Å². The maximum atomic E-state index is 12.9. The van der Waals surface area contributed by atoms with Gasteiger partial charge in [-0.3, -0.25) is 4.79 Å². The van der Waals surface area contributed by atoms with Crippen molar-refractivity contribution in [2.24, 2.45) is 0 Å². The Balaban J connectivity index is 1.63. The fourth-order valence-corrected chi connectivity index (χ4v) is 2.87. The molecule has 4 nitrogen and oxygen atoms in total. The van der Waals surface area contributed by atoms with Crippen LogP contribution in [-0.2, 0) is 4.74 Å². The van der Waals surface area contributed by atoms with E-state index < -0.39 is 5.97 Å². The lowest BCUT2D eigenvalue weighted by molar-refractivity contribution is 0.0446. The summed E-state index contributed by atoms with van der Waals surface area (Å²) in [5.74, 6) is -0.921. The average molecular weight is 344 g/mol. The molecular formula is C18H13FO4S. The number of ketones is 1. The fourth-order valence-electron chi connectivity index (χ4n) is 2.07. The Kier molecular flexibility index (Phi) is 4.57. The number of thiophene rings is 1. The van der Waals surface area contributed by atoms with Crippen molar-refractivity contribution in [1.29, 1.82) is 0 Å². The smallest absolute Gasteiger partial charge is 0.374 e. The quantitative estimate of drug-likeness (QED) is 0.505. The summed E-state index contributed by atoms with van der Waals surface area (Å²) >= 11 is 1.35. The van der Waals surface area contributed by atoms with Crippen LogP contribution in [0.5, 0.6) is 0 Å². The van der Waals surface area contributed by atoms with Crippen LogP contribution in [-0.4, -0.2) is 18.4 Å². The zero-order valence-electron chi connectivity index (χ0n) is 12.7. The Morgan fingerprint density at radius 1 is 1.08 bits per heavy atom. The van der Waals surface area contributed by atoms with Crippen LogP contribution < -0.4 is 0 Å². The zero-order chi connectivity index (χ0) is 17.1. The van der Waals surface area contributed by atoms with E-state index in [1.165, 1.54) is 29.5 Å². The highest BCUT2D eigenvalue weighted by atomic mass is 32.1. The first kappa shape index (κ1) is 16.1. The number of carbonyl (C=O) groups is 2. The van der Waals surface area contributed by atoms with E-state index in [0.717, 1.165) is 4.88 Å². The van der Waals surface area contributed by atoms with E-state index in [-0.39, 0.29) is 24.0 Å². The highest BCUT2D eigenvalue weighted by Crippen LogP contribution is 2.23. The highest BCUT2D eigenvalue weighted by molar-refractivity contribution is 7.14. The number of aryl methyl sites for hydroxylation is 1. The molecule has 2 aromatic heterocycles. The Hall–Kier alpha value is -2.73. The molecule has 0 amide bonds. The third-order valence-electron chi connectivity index (χ3n) is 3.29. The molecule has 0 fully saturated rings. The highest BCUT2D eigenvalue weighted by Gasteiger charge is 2.16. The van der Waals surface area contributed by atoms with Gasteiger partial charge in [-0.05, 0) is 55.5 Å². The van der Waals surface area contributed by atoms with Crippen LogP contribution in [0.1, 0.15) is 25.1 Å². The third kappa shape index (κ3) is 3.60. The fraction of sp³-hybridized carbons (Fsp3) is 0.111. The van der Waals surface area contributed by atoms with Crippen molar-refractivity contribution in [3.05, 3.63) is 69.9 Å². The van der Waals surface area contributed by atoms with Gasteiger partial charge in [0.2, 0.25) is 11.5 Å². The van der Waals surface area contributed by atoms with Crippen molar-refractivity contribution in [3.63, 3.8) is 0 Å². The SMILES string of the molecule is Cc1ccc(C(=O)COC(=O)c2ccc(-c3ccc(F)cc3)o2)s1. The van der Waals surface area contributed by atoms with Gasteiger partial charge in [0.1, 0.15) is 11.6 Å². The van der Waals surface area contributed by atoms with Gasteiger partial charge in [-0.1, -0.05) is 0 Å². The number of halogens is 1. The molecule has 0 saturated heterocycles. The van der Waals surface area contributed by atoms with Crippen molar-refractivity contribution >= 4 is 23.1 Å². The topological polar surface area (TPSA) is 56.5 Å². The predicted octanol–water partition coefficient (Wildman–Crippen LogP) is 4.50. The molecule has 2 heterocycles. The number of Topliss-reactive ketones (excluding diaryl/α,β-unsaturated/α-hetero) is 1. The summed E-state index contributed by atoms with van der Waals surface area (Å²) in [5, 5.41) is 0. The second kappa shape index (κ2) is 6.80. The molecule has 0 radical (unpaired) electrons. The van der Waals surface area contributed by atoms with Crippen LogP contribution in [0.3, 0.4) is 0 Å². The molecule has 0 spiro atoms. The third-order valence-corrected chi connectivity index (χ3v) is 4.33. The number of carbonyl (C=O) groups excluding carboxylic acids is 2. The maximum absolute atomic E-state index is 12.9. The number of ether oxygens (including phenoxy) is 1. The summed E-state index contributed by atoms with van der Waals surface area (Å²) in [6.07, 6.45) is 0. The maximum Gasteiger partial charge on any atom is 0.374 e. The lowest BCUT2D eigenvalue weighted by Gasteiger charge is -2.01. The summed E-state index contributed by atoms with van der Waals surface area (Å²) in [6.45, 7) is 1.55. The second-order valence-corrected chi connectivity index (χ2v) is 6.37. The molecule has 0 unspecified atom stereocenters. The van der Waals surface area contributed by atoms with Crippen molar-refractivity contribution < 1.29 is 23.1 Å². The minimum absolute atomic E-state index is 0.00974. The Morgan fingerprint density at radius 3 is 2.50 bits per heavy atom. The molecule has 0 aliphatic rings. The van der Waals surface area contributed by atoms with Gasteiger partial charge in [-0.25, -0.2) is 9.18 Å². The average Bonchev–Trinajstić information content (AvgIpc) is 3.22. The molecule has 0 atom stereocenters. The molecule has 0 aliphatic heterocycles. The lowest BCUT2D eigenvalue weighted by atomic mass is 10.2. The summed E-state index contributed by atoms with van der Waals surface area (Å²) in [7, 11) is 0. The van der Waals surface area contributed by atoms with E-state index >= 15 is 0 Å².